The van der Waals surface area contributed by atoms with E-state index in [2.05, 4.69) is 35.9 Å². The number of aromatic nitrogens is 2. The second-order valence-corrected chi connectivity index (χ2v) is 12.2. The third kappa shape index (κ3) is 9.91. The first kappa shape index (κ1) is 30.4. The van der Waals surface area contributed by atoms with E-state index < -0.39 is 59.4 Å². The Labute approximate surface area is 204 Å². The van der Waals surface area contributed by atoms with Gasteiger partial charge < -0.3 is 24.7 Å². The van der Waals surface area contributed by atoms with Gasteiger partial charge in [0.25, 0.3) is 5.56 Å². The Morgan fingerprint density at radius 3 is 2.36 bits per heavy atom. The average Bonchev–Trinajstić information content (AvgIpc) is 3.08. The zero-order valence-electron chi connectivity index (χ0n) is 18.6. The van der Waals surface area contributed by atoms with Crippen LogP contribution in [0.2, 0.25) is 0 Å². The highest BCUT2D eigenvalue weighted by molar-refractivity contribution is 7.66. The maximum atomic E-state index is 12.3. The molecule has 1 fully saturated rings. The van der Waals surface area contributed by atoms with Gasteiger partial charge in [0.05, 0.1) is 12.7 Å². The lowest BCUT2D eigenvalue weighted by Gasteiger charge is -2.19. The lowest BCUT2D eigenvalue weighted by molar-refractivity contribution is 0.0834. The summed E-state index contributed by atoms with van der Waals surface area (Å²) in [5.41, 5.74) is -1.42. The van der Waals surface area contributed by atoms with Crippen molar-refractivity contribution in [1.29, 1.82) is 0 Å². The molecule has 0 bridgehead atoms. The van der Waals surface area contributed by atoms with Crippen molar-refractivity contribution in [3.63, 3.8) is 0 Å². The number of phosphoric ester groups is 1. The number of aliphatic hydroxyl groups is 1. The van der Waals surface area contributed by atoms with E-state index in [0.29, 0.717) is 12.8 Å². The van der Waals surface area contributed by atoms with Gasteiger partial charge in [0, 0.05) is 31.0 Å². The Morgan fingerprint density at radius 1 is 1.06 bits per heavy atom. The number of H-pyrrole nitrogens is 1. The van der Waals surface area contributed by atoms with E-state index in [9.17, 15) is 38.2 Å². The van der Waals surface area contributed by atoms with Crippen LogP contribution < -0.4 is 11.2 Å². The number of hydrogen-bond donors (Lipinski definition) is 6. The number of aromatic amines is 1. The highest BCUT2D eigenvalue weighted by Crippen LogP contribution is 2.66. The van der Waals surface area contributed by atoms with E-state index in [-0.39, 0.29) is 18.4 Å². The first-order chi connectivity index (χ1) is 16.6. The van der Waals surface area contributed by atoms with Gasteiger partial charge in [0.2, 0.25) is 0 Å². The molecule has 0 radical (unpaired) electrons. The van der Waals surface area contributed by atoms with Crippen molar-refractivity contribution in [3.8, 4) is 24.2 Å². The fraction of sp³-hybridized carbons (Fsp3) is 0.556. The molecule has 0 spiro atoms. The Hall–Kier alpha value is -1.83. The molecule has 1 saturated carbocycles. The Balaban J connectivity index is 2.06. The highest BCUT2D eigenvalue weighted by Gasteiger charge is 2.42. The minimum Gasteiger partial charge on any atom is -0.393 e. The van der Waals surface area contributed by atoms with Crippen LogP contribution in [0.4, 0.5) is 0 Å². The number of terminal acetylenes is 1. The maximum Gasteiger partial charge on any atom is 0.490 e. The molecule has 15 nitrogen and oxygen atoms in total. The van der Waals surface area contributed by atoms with E-state index >= 15 is 0 Å². The van der Waals surface area contributed by atoms with Gasteiger partial charge in [-0.1, -0.05) is 11.8 Å². The summed E-state index contributed by atoms with van der Waals surface area (Å²) in [6, 6.07) is -0.657. The van der Waals surface area contributed by atoms with Crippen LogP contribution in [0.25, 0.3) is 0 Å². The van der Waals surface area contributed by atoms with Crippen LogP contribution in [0.5, 0.6) is 0 Å². The molecule has 1 aromatic heterocycles. The first-order valence-corrected chi connectivity index (χ1v) is 14.9. The van der Waals surface area contributed by atoms with Crippen molar-refractivity contribution in [2.75, 3.05) is 6.61 Å². The smallest absolute Gasteiger partial charge is 0.393 e. The van der Waals surface area contributed by atoms with Gasteiger partial charge in [-0.2, -0.15) is 8.62 Å². The first-order valence-electron chi connectivity index (χ1n) is 10.4. The molecule has 2 rings (SSSR count). The predicted octanol–water partition coefficient (Wildman–Crippen LogP) is 0.737. The van der Waals surface area contributed by atoms with Crippen molar-refractivity contribution in [1.82, 2.24) is 9.55 Å². The zero-order chi connectivity index (χ0) is 27.1. The van der Waals surface area contributed by atoms with Gasteiger partial charge in [-0.15, -0.1) is 12.3 Å². The molecular formula is C18H25N2O13P3. The van der Waals surface area contributed by atoms with Crippen LogP contribution in [-0.4, -0.2) is 46.9 Å². The molecule has 18 heteroatoms. The molecule has 3 unspecified atom stereocenters. The fourth-order valence-corrected chi connectivity index (χ4v) is 6.49. The highest BCUT2D eigenvalue weighted by atomic mass is 31.3. The monoisotopic (exact) mass is 570 g/mol. The normalized spacial score (nSPS) is 23.2. The fourth-order valence-electron chi connectivity index (χ4n) is 3.42. The molecule has 36 heavy (non-hydrogen) atoms. The Kier molecular flexibility index (Phi) is 10.6. The van der Waals surface area contributed by atoms with Crippen molar-refractivity contribution in [2.45, 2.75) is 50.7 Å². The van der Waals surface area contributed by atoms with Gasteiger partial charge in [-0.3, -0.25) is 18.9 Å². The number of hydrogen-bond acceptors (Lipinski definition) is 9. The van der Waals surface area contributed by atoms with Crippen LogP contribution in [0.3, 0.4) is 0 Å². The predicted molar refractivity (Wildman–Crippen MR) is 123 cm³/mol. The Morgan fingerprint density at radius 2 is 1.72 bits per heavy atom. The zero-order valence-corrected chi connectivity index (χ0v) is 21.3. The summed E-state index contributed by atoms with van der Waals surface area (Å²) in [5.74, 6) is 7.17. The van der Waals surface area contributed by atoms with E-state index in [1.165, 1.54) is 6.20 Å². The van der Waals surface area contributed by atoms with Crippen LogP contribution in [0.1, 0.15) is 50.1 Å². The number of aliphatic hydroxyl groups excluding tert-OH is 1. The number of unbranched alkanes of at least 4 members (excludes halogenated alkanes) is 3. The van der Waals surface area contributed by atoms with E-state index in [1.54, 1.807) is 0 Å². The number of nitrogens with zero attached hydrogens (tertiary/aromatic N) is 1. The third-order valence-corrected chi connectivity index (χ3v) is 8.76. The summed E-state index contributed by atoms with van der Waals surface area (Å²) in [7, 11) is -16.6. The van der Waals surface area contributed by atoms with Gasteiger partial charge in [-0.25, -0.2) is 18.5 Å². The molecular weight excluding hydrogens is 545 g/mol. The van der Waals surface area contributed by atoms with Gasteiger partial charge in [0.15, 0.2) is 0 Å². The lowest BCUT2D eigenvalue weighted by Crippen LogP contribution is -2.33. The topological polar surface area (TPSA) is 235 Å². The molecule has 1 aromatic rings. The minimum atomic E-state index is -5.67. The quantitative estimate of drug-likeness (QED) is 0.122. The average molecular weight is 570 g/mol. The molecule has 6 N–H and O–H groups in total. The summed E-state index contributed by atoms with van der Waals surface area (Å²) >= 11 is 0. The standard InChI is InChI=1S/C18H25N2O13P3/c1-2-3-4-5-6-7-8-13-11-20(18(23)19-17(13)22)15-9-14(16(21)10-15)12-31-35(27,28)33-36(29,30)32-34(24,25)26/h1,11,14-16,21H,3-6,9-10,12H2,(H,27,28)(H,29,30)(H,19,22,23)(H2,24,25,26)/t14-,15-,16?/m1/s1. The largest absolute Gasteiger partial charge is 0.490 e. The maximum absolute atomic E-state index is 12.3. The van der Waals surface area contributed by atoms with Crippen molar-refractivity contribution < 1.29 is 51.5 Å². The third-order valence-electron chi connectivity index (χ3n) is 4.96. The van der Waals surface area contributed by atoms with Crippen molar-refractivity contribution >= 4 is 23.5 Å². The molecule has 1 aliphatic rings. The van der Waals surface area contributed by atoms with Crippen LogP contribution in [0.15, 0.2) is 15.8 Å². The van der Waals surface area contributed by atoms with Crippen LogP contribution in [0, 0.1) is 30.1 Å². The van der Waals surface area contributed by atoms with Gasteiger partial charge in [0.1, 0.15) is 5.56 Å². The van der Waals surface area contributed by atoms with E-state index in [0.717, 1.165) is 17.4 Å². The number of nitrogens with one attached hydrogen (secondary N) is 1. The molecule has 1 aliphatic carbocycles. The van der Waals surface area contributed by atoms with Gasteiger partial charge in [-0.05, 0) is 25.7 Å². The summed E-state index contributed by atoms with van der Waals surface area (Å²) < 4.78 is 47.0. The van der Waals surface area contributed by atoms with Gasteiger partial charge >= 0.3 is 29.2 Å². The molecule has 0 saturated heterocycles. The molecule has 0 aliphatic heterocycles. The van der Waals surface area contributed by atoms with Crippen LogP contribution >= 0.6 is 23.5 Å². The summed E-state index contributed by atoms with van der Waals surface area (Å²) in [5, 5.41) is 10.3. The number of phosphoric acid groups is 3. The minimum absolute atomic E-state index is 0.00463. The summed E-state index contributed by atoms with van der Waals surface area (Å²) in [4.78, 5) is 62.4. The molecule has 5 atom stereocenters. The SMILES string of the molecule is C#CCCCCC#Cc1cn([C@H]2CC(O)[C@@H](COP(=O)(O)OP(=O)(O)OP(=O)(O)O)C2)c(=O)[nH]c1=O. The second-order valence-electron chi connectivity index (χ2n) is 7.76. The van der Waals surface area contributed by atoms with Crippen molar-refractivity contribution in [2.24, 2.45) is 5.92 Å². The summed E-state index contributed by atoms with van der Waals surface area (Å²) in [6.45, 7) is -0.691. The second kappa shape index (κ2) is 12.6. The molecule has 0 amide bonds. The number of rotatable bonds is 11. The molecule has 1 heterocycles. The van der Waals surface area contributed by atoms with E-state index in [4.69, 9.17) is 16.2 Å². The molecule has 0 aromatic carbocycles. The van der Waals surface area contributed by atoms with Crippen LogP contribution in [-0.2, 0) is 26.8 Å². The lowest BCUT2D eigenvalue weighted by atomic mass is 10.1. The Bertz CT molecular complexity index is 1300. The molecule has 200 valence electrons. The van der Waals surface area contributed by atoms with E-state index in [1.807, 2.05) is 0 Å². The summed E-state index contributed by atoms with van der Waals surface area (Å²) in [6.07, 6.45) is 7.92. The van der Waals surface area contributed by atoms with Crippen molar-refractivity contribution in [3.05, 3.63) is 32.6 Å².